The summed E-state index contributed by atoms with van der Waals surface area (Å²) in [4.78, 5) is 20.7. The number of hydrogen-bond donors (Lipinski definition) is 1. The van der Waals surface area contributed by atoms with Crippen LogP contribution in [0.3, 0.4) is 0 Å². The maximum Gasteiger partial charge on any atom is 0.258 e. The van der Waals surface area contributed by atoms with Crippen molar-refractivity contribution in [3.8, 4) is 5.88 Å². The van der Waals surface area contributed by atoms with Crippen LogP contribution in [0.5, 0.6) is 5.88 Å². The highest BCUT2D eigenvalue weighted by atomic mass is 16.5. The van der Waals surface area contributed by atoms with Crippen molar-refractivity contribution in [3.05, 3.63) is 65.4 Å². The number of nitrogens with zero attached hydrogens (tertiary/aromatic N) is 6. The molecule has 0 aliphatic carbocycles. The van der Waals surface area contributed by atoms with Crippen LogP contribution in [-0.2, 0) is 24.9 Å². The Morgan fingerprint density at radius 1 is 1.17 bits per heavy atom. The van der Waals surface area contributed by atoms with Gasteiger partial charge in [0.05, 0.1) is 11.9 Å². The number of pyridine rings is 1. The highest BCUT2D eigenvalue weighted by molar-refractivity contribution is 5.85. The van der Waals surface area contributed by atoms with E-state index in [1.807, 2.05) is 51.2 Å². The molecule has 30 heavy (non-hydrogen) atoms. The van der Waals surface area contributed by atoms with E-state index < -0.39 is 0 Å². The molecule has 154 valence electrons. The van der Waals surface area contributed by atoms with Crippen molar-refractivity contribution in [1.82, 2.24) is 34.8 Å². The largest absolute Gasteiger partial charge is 0.466 e. The Kier molecular flexibility index (Phi) is 5.42. The molecule has 3 heterocycles. The van der Waals surface area contributed by atoms with E-state index in [4.69, 9.17) is 4.74 Å². The molecule has 0 fully saturated rings. The molecule has 9 heteroatoms. The minimum atomic E-state index is -0.210. The van der Waals surface area contributed by atoms with E-state index in [9.17, 15) is 4.79 Å². The second-order valence-electron chi connectivity index (χ2n) is 7.18. The van der Waals surface area contributed by atoms with Gasteiger partial charge in [-0.05, 0) is 36.6 Å². The normalized spacial score (nSPS) is 11.0. The van der Waals surface area contributed by atoms with Gasteiger partial charge in [-0.3, -0.25) is 4.79 Å². The Morgan fingerprint density at radius 2 is 1.93 bits per heavy atom. The van der Waals surface area contributed by atoms with Crippen LogP contribution in [0.15, 0.2) is 43.0 Å². The Hall–Kier alpha value is -3.75. The van der Waals surface area contributed by atoms with Crippen molar-refractivity contribution < 1.29 is 9.53 Å². The number of rotatable bonds is 7. The fraction of sp³-hybridized carbons (Fsp3) is 0.286. The molecule has 4 aromatic rings. The number of nitrogens with one attached hydrogen (secondary N) is 1. The molecule has 4 rings (SSSR count). The molecule has 1 N–H and O–H groups in total. The van der Waals surface area contributed by atoms with Crippen molar-refractivity contribution in [2.45, 2.75) is 26.9 Å². The first-order chi connectivity index (χ1) is 14.5. The molecular formula is C21H23N7O2. The highest BCUT2D eigenvalue weighted by Crippen LogP contribution is 2.26. The van der Waals surface area contributed by atoms with Crippen LogP contribution in [0.4, 0.5) is 0 Å². The second kappa shape index (κ2) is 8.32. The number of fused-ring (bicyclic) bond motifs is 1. The fourth-order valence-electron chi connectivity index (χ4n) is 3.30. The number of amides is 1. The van der Waals surface area contributed by atoms with E-state index in [1.54, 1.807) is 15.7 Å². The quantitative estimate of drug-likeness (QED) is 0.504. The molecule has 0 spiro atoms. The number of benzene rings is 1. The van der Waals surface area contributed by atoms with Gasteiger partial charge in [0, 0.05) is 19.3 Å². The molecule has 0 saturated heterocycles. The van der Waals surface area contributed by atoms with Crippen LogP contribution in [0, 0.1) is 13.8 Å². The van der Waals surface area contributed by atoms with E-state index in [1.165, 1.54) is 6.33 Å². The van der Waals surface area contributed by atoms with Gasteiger partial charge in [-0.2, -0.15) is 5.10 Å². The van der Waals surface area contributed by atoms with Gasteiger partial charge in [0.25, 0.3) is 5.91 Å². The van der Waals surface area contributed by atoms with Crippen molar-refractivity contribution in [2.24, 2.45) is 7.05 Å². The number of carbonyl (C=O) groups excluding carboxylic acids is 1. The summed E-state index contributed by atoms with van der Waals surface area (Å²) < 4.78 is 9.12. The maximum atomic E-state index is 12.2. The Bertz CT molecular complexity index is 1160. The number of hydrogen-bond acceptors (Lipinski definition) is 6. The minimum Gasteiger partial charge on any atom is -0.466 e. The number of ether oxygens (including phenoxy) is 1. The summed E-state index contributed by atoms with van der Waals surface area (Å²) in [5.74, 6) is 0.211. The van der Waals surface area contributed by atoms with Gasteiger partial charge in [0.15, 0.2) is 12.3 Å². The lowest BCUT2D eigenvalue weighted by atomic mass is 10.1. The molecule has 3 aromatic heterocycles. The number of aromatic nitrogens is 6. The summed E-state index contributed by atoms with van der Waals surface area (Å²) in [6.45, 7) is 4.90. The van der Waals surface area contributed by atoms with Crippen LogP contribution in [0.2, 0.25) is 0 Å². The van der Waals surface area contributed by atoms with Crippen LogP contribution in [0.25, 0.3) is 11.0 Å². The maximum absolute atomic E-state index is 12.2. The third kappa shape index (κ3) is 4.29. The molecule has 0 unspecified atom stereocenters. The van der Waals surface area contributed by atoms with Crippen LogP contribution >= 0.6 is 0 Å². The molecule has 1 aromatic carbocycles. The lowest BCUT2D eigenvalue weighted by molar-refractivity contribution is -0.123. The summed E-state index contributed by atoms with van der Waals surface area (Å²) in [5, 5.41) is 12.2. The van der Waals surface area contributed by atoms with Gasteiger partial charge in [-0.25, -0.2) is 19.3 Å². The van der Waals surface area contributed by atoms with Crippen molar-refractivity contribution >= 4 is 16.9 Å². The van der Waals surface area contributed by atoms with E-state index >= 15 is 0 Å². The van der Waals surface area contributed by atoms with Gasteiger partial charge >= 0.3 is 0 Å². The van der Waals surface area contributed by atoms with Gasteiger partial charge < -0.3 is 10.1 Å². The SMILES string of the molecule is Cc1cc(C)c2c(OCC(=O)NCc3ccc(Cn4cncn4)cc3)nn(C)c2n1. The Labute approximate surface area is 173 Å². The van der Waals surface area contributed by atoms with E-state index in [0.717, 1.165) is 33.4 Å². The standard InChI is InChI=1S/C21H23N7O2/c1-14-8-15(2)25-20-19(14)21(26-27(20)3)30-11-18(29)23-9-16-4-6-17(7-5-16)10-28-13-22-12-24-28/h4-8,12-13H,9-11H2,1-3H3,(H,23,29). The summed E-state index contributed by atoms with van der Waals surface area (Å²) in [6, 6.07) is 9.96. The molecule has 0 atom stereocenters. The summed E-state index contributed by atoms with van der Waals surface area (Å²) in [5.41, 5.74) is 4.80. The molecule has 0 radical (unpaired) electrons. The third-order valence-electron chi connectivity index (χ3n) is 4.75. The van der Waals surface area contributed by atoms with Crippen molar-refractivity contribution in [3.63, 3.8) is 0 Å². The van der Waals surface area contributed by atoms with Gasteiger partial charge in [0.2, 0.25) is 5.88 Å². The average molecular weight is 405 g/mol. The first-order valence-corrected chi connectivity index (χ1v) is 9.60. The van der Waals surface area contributed by atoms with Crippen LogP contribution in [0.1, 0.15) is 22.4 Å². The number of carbonyl (C=O) groups is 1. The first kappa shape index (κ1) is 19.6. The molecule has 0 aliphatic heterocycles. The predicted molar refractivity (Wildman–Crippen MR) is 111 cm³/mol. The summed E-state index contributed by atoms with van der Waals surface area (Å²) >= 11 is 0. The lowest BCUT2D eigenvalue weighted by Crippen LogP contribution is -2.28. The molecule has 0 bridgehead atoms. The second-order valence-corrected chi connectivity index (χ2v) is 7.18. The van der Waals surface area contributed by atoms with Crippen molar-refractivity contribution in [2.75, 3.05) is 6.61 Å². The Balaban J connectivity index is 1.32. The Morgan fingerprint density at radius 3 is 2.67 bits per heavy atom. The molecule has 1 amide bonds. The van der Waals surface area contributed by atoms with Crippen LogP contribution in [-0.4, -0.2) is 42.0 Å². The minimum absolute atomic E-state index is 0.107. The zero-order valence-electron chi connectivity index (χ0n) is 17.2. The fourth-order valence-corrected chi connectivity index (χ4v) is 3.30. The molecular weight excluding hydrogens is 382 g/mol. The smallest absolute Gasteiger partial charge is 0.258 e. The molecule has 0 aliphatic rings. The summed E-state index contributed by atoms with van der Waals surface area (Å²) in [7, 11) is 1.81. The van der Waals surface area contributed by atoms with Crippen molar-refractivity contribution in [1.29, 1.82) is 0 Å². The zero-order valence-corrected chi connectivity index (χ0v) is 17.2. The topological polar surface area (TPSA) is 99.7 Å². The van der Waals surface area contributed by atoms with E-state index in [-0.39, 0.29) is 12.5 Å². The molecule has 9 nitrogen and oxygen atoms in total. The zero-order chi connectivity index (χ0) is 21.1. The van der Waals surface area contributed by atoms with E-state index in [0.29, 0.717) is 19.0 Å². The predicted octanol–water partition coefficient (Wildman–Crippen LogP) is 1.92. The van der Waals surface area contributed by atoms with Gasteiger partial charge in [-0.15, -0.1) is 5.10 Å². The van der Waals surface area contributed by atoms with Gasteiger partial charge in [-0.1, -0.05) is 24.3 Å². The number of aryl methyl sites for hydroxylation is 3. The average Bonchev–Trinajstić information content (AvgIpc) is 3.34. The van der Waals surface area contributed by atoms with E-state index in [2.05, 4.69) is 25.5 Å². The third-order valence-corrected chi connectivity index (χ3v) is 4.75. The lowest BCUT2D eigenvalue weighted by Gasteiger charge is -2.08. The summed E-state index contributed by atoms with van der Waals surface area (Å²) in [6.07, 6.45) is 3.19. The van der Waals surface area contributed by atoms with Crippen LogP contribution < -0.4 is 10.1 Å². The monoisotopic (exact) mass is 405 g/mol. The first-order valence-electron chi connectivity index (χ1n) is 9.60. The molecule has 0 saturated carbocycles. The van der Waals surface area contributed by atoms with Gasteiger partial charge in [0.1, 0.15) is 12.7 Å². The highest BCUT2D eigenvalue weighted by Gasteiger charge is 2.15.